The van der Waals surface area contributed by atoms with Gasteiger partial charge in [-0.3, -0.25) is 4.99 Å². The molecule has 1 atom stereocenters. The number of halogens is 1. The molecule has 6 nitrogen and oxygen atoms in total. The van der Waals surface area contributed by atoms with Crippen molar-refractivity contribution in [3.05, 3.63) is 18.0 Å². The van der Waals surface area contributed by atoms with Gasteiger partial charge in [0.25, 0.3) is 0 Å². The topological polar surface area (TPSA) is 62.9 Å². The van der Waals surface area contributed by atoms with E-state index in [0.717, 1.165) is 44.4 Å². The number of nitrogens with zero attached hydrogens (tertiary/aromatic N) is 3. The van der Waals surface area contributed by atoms with Gasteiger partial charge in [0.2, 0.25) is 0 Å². The van der Waals surface area contributed by atoms with Crippen LogP contribution in [0.25, 0.3) is 0 Å². The number of aliphatic imine (C=N–C) groups is 1. The molecular weight excluding hydrogens is 371 g/mol. The Kier molecular flexibility index (Phi) is 7.90. The summed E-state index contributed by atoms with van der Waals surface area (Å²) in [6.07, 6.45) is 2.73. The largest absolute Gasteiger partial charge is 0.381 e. The lowest BCUT2D eigenvalue weighted by atomic mass is 10.1. The molecule has 0 aromatic carbocycles. The second-order valence-electron chi connectivity index (χ2n) is 4.65. The molecule has 0 amide bonds. The molecule has 1 N–H and O–H groups in total. The van der Waals surface area contributed by atoms with Gasteiger partial charge in [0.1, 0.15) is 12.0 Å². The zero-order chi connectivity index (χ0) is 13.5. The quantitative estimate of drug-likeness (QED) is 0.468. The standard InChI is InChI=1S/C13H22N4O2.HI/c1-3-18-10-11-4-6-17(9-11)13(14-2)15-8-12-5-7-19-16-12;/h5,7,11H,3-4,6,8-10H2,1-2H3,(H,14,15);1H. The molecular formula is C13H23IN4O2. The molecule has 0 spiro atoms. The Morgan fingerprint density at radius 1 is 1.65 bits per heavy atom. The van der Waals surface area contributed by atoms with Gasteiger partial charge in [0.05, 0.1) is 13.2 Å². The zero-order valence-electron chi connectivity index (χ0n) is 12.0. The van der Waals surface area contributed by atoms with Crippen LogP contribution in [0, 0.1) is 5.92 Å². The summed E-state index contributed by atoms with van der Waals surface area (Å²) in [5.74, 6) is 1.52. The van der Waals surface area contributed by atoms with E-state index in [1.54, 1.807) is 13.3 Å². The van der Waals surface area contributed by atoms with Gasteiger partial charge in [-0.25, -0.2) is 0 Å². The van der Waals surface area contributed by atoms with E-state index in [1.165, 1.54) is 0 Å². The third-order valence-corrected chi connectivity index (χ3v) is 3.27. The van der Waals surface area contributed by atoms with Crippen LogP contribution in [-0.2, 0) is 11.3 Å². The second-order valence-corrected chi connectivity index (χ2v) is 4.65. The molecule has 20 heavy (non-hydrogen) atoms. The summed E-state index contributed by atoms with van der Waals surface area (Å²) in [5, 5.41) is 7.18. The average molecular weight is 394 g/mol. The van der Waals surface area contributed by atoms with Crippen LogP contribution in [-0.4, -0.2) is 49.4 Å². The van der Waals surface area contributed by atoms with Crippen LogP contribution in [0.1, 0.15) is 19.0 Å². The SMILES string of the molecule is CCOCC1CCN(C(=NC)NCc2ccon2)C1.I. The molecule has 1 fully saturated rings. The number of guanidine groups is 1. The first-order valence-corrected chi connectivity index (χ1v) is 6.76. The van der Waals surface area contributed by atoms with E-state index in [2.05, 4.69) is 20.4 Å². The summed E-state index contributed by atoms with van der Waals surface area (Å²) in [6.45, 7) is 6.32. The summed E-state index contributed by atoms with van der Waals surface area (Å²) < 4.78 is 10.3. The van der Waals surface area contributed by atoms with Crippen molar-refractivity contribution in [3.63, 3.8) is 0 Å². The normalized spacial score (nSPS) is 19.0. The maximum atomic E-state index is 5.49. The highest BCUT2D eigenvalue weighted by atomic mass is 127. The molecule has 2 rings (SSSR count). The lowest BCUT2D eigenvalue weighted by molar-refractivity contribution is 0.114. The van der Waals surface area contributed by atoms with E-state index < -0.39 is 0 Å². The highest BCUT2D eigenvalue weighted by Gasteiger charge is 2.24. The maximum absolute atomic E-state index is 5.49. The van der Waals surface area contributed by atoms with Crippen molar-refractivity contribution in [2.45, 2.75) is 19.9 Å². The molecule has 1 aromatic heterocycles. The Labute approximate surface area is 137 Å². The van der Waals surface area contributed by atoms with E-state index in [0.29, 0.717) is 12.5 Å². The molecule has 1 saturated heterocycles. The Morgan fingerprint density at radius 2 is 2.50 bits per heavy atom. The van der Waals surface area contributed by atoms with E-state index in [9.17, 15) is 0 Å². The molecule has 0 bridgehead atoms. The first kappa shape index (κ1) is 17.2. The molecule has 2 heterocycles. The van der Waals surface area contributed by atoms with Crippen LogP contribution in [0.15, 0.2) is 21.8 Å². The Morgan fingerprint density at radius 3 is 3.15 bits per heavy atom. The molecule has 1 aromatic rings. The molecule has 0 radical (unpaired) electrons. The van der Waals surface area contributed by atoms with Gasteiger partial charge in [-0.05, 0) is 13.3 Å². The predicted octanol–water partition coefficient (Wildman–Crippen LogP) is 1.73. The fourth-order valence-corrected chi connectivity index (χ4v) is 2.28. The molecule has 1 aliphatic rings. The van der Waals surface area contributed by atoms with Crippen LogP contribution in [0.4, 0.5) is 0 Å². The van der Waals surface area contributed by atoms with Crippen LogP contribution in [0.2, 0.25) is 0 Å². The van der Waals surface area contributed by atoms with Crippen molar-refractivity contribution in [3.8, 4) is 0 Å². The monoisotopic (exact) mass is 394 g/mol. The maximum Gasteiger partial charge on any atom is 0.193 e. The van der Waals surface area contributed by atoms with Crippen molar-refractivity contribution in [2.75, 3.05) is 33.4 Å². The third-order valence-electron chi connectivity index (χ3n) is 3.27. The molecule has 7 heteroatoms. The number of likely N-dealkylation sites (tertiary alicyclic amines) is 1. The van der Waals surface area contributed by atoms with Crippen molar-refractivity contribution < 1.29 is 9.26 Å². The molecule has 0 aliphatic carbocycles. The predicted molar refractivity (Wildman–Crippen MR) is 88.3 cm³/mol. The number of aromatic nitrogens is 1. The van der Waals surface area contributed by atoms with E-state index in [4.69, 9.17) is 9.26 Å². The Bertz CT molecular complexity index is 397. The molecule has 1 unspecified atom stereocenters. The highest BCUT2D eigenvalue weighted by molar-refractivity contribution is 14.0. The molecule has 1 aliphatic heterocycles. The van der Waals surface area contributed by atoms with Crippen LogP contribution in [0.3, 0.4) is 0 Å². The number of hydrogen-bond acceptors (Lipinski definition) is 4. The van der Waals surface area contributed by atoms with Gasteiger partial charge in [0.15, 0.2) is 5.96 Å². The summed E-state index contributed by atoms with van der Waals surface area (Å²) in [7, 11) is 1.81. The lowest BCUT2D eigenvalue weighted by Gasteiger charge is -2.21. The summed E-state index contributed by atoms with van der Waals surface area (Å²) >= 11 is 0. The van der Waals surface area contributed by atoms with Crippen LogP contribution in [0.5, 0.6) is 0 Å². The Hall–Kier alpha value is -0.830. The minimum absolute atomic E-state index is 0. The minimum atomic E-state index is 0. The van der Waals surface area contributed by atoms with Crippen molar-refractivity contribution in [1.29, 1.82) is 0 Å². The Balaban J connectivity index is 0.00000200. The number of nitrogens with one attached hydrogen (secondary N) is 1. The molecule has 0 saturated carbocycles. The second kappa shape index (κ2) is 9.17. The first-order chi connectivity index (χ1) is 9.33. The average Bonchev–Trinajstić information content (AvgIpc) is 3.08. The minimum Gasteiger partial charge on any atom is -0.381 e. The van der Waals surface area contributed by atoms with Gasteiger partial charge in [-0.2, -0.15) is 0 Å². The number of rotatable bonds is 5. The third kappa shape index (κ3) is 4.93. The summed E-state index contributed by atoms with van der Waals surface area (Å²) in [5.41, 5.74) is 0.881. The number of hydrogen-bond donors (Lipinski definition) is 1. The van der Waals surface area contributed by atoms with Gasteiger partial charge in [-0.1, -0.05) is 5.16 Å². The van der Waals surface area contributed by atoms with Crippen molar-refractivity contribution in [2.24, 2.45) is 10.9 Å². The van der Waals surface area contributed by atoms with E-state index in [1.807, 2.05) is 13.0 Å². The van der Waals surface area contributed by atoms with Crippen LogP contribution < -0.4 is 5.32 Å². The van der Waals surface area contributed by atoms with Crippen molar-refractivity contribution >= 4 is 29.9 Å². The molecule has 114 valence electrons. The van der Waals surface area contributed by atoms with Gasteiger partial charge in [-0.15, -0.1) is 24.0 Å². The van der Waals surface area contributed by atoms with Gasteiger partial charge < -0.3 is 19.5 Å². The summed E-state index contributed by atoms with van der Waals surface area (Å²) in [4.78, 5) is 6.58. The fraction of sp³-hybridized carbons (Fsp3) is 0.692. The zero-order valence-corrected chi connectivity index (χ0v) is 14.4. The van der Waals surface area contributed by atoms with E-state index in [-0.39, 0.29) is 24.0 Å². The van der Waals surface area contributed by atoms with Gasteiger partial charge in [0, 0.05) is 38.7 Å². The van der Waals surface area contributed by atoms with Gasteiger partial charge >= 0.3 is 0 Å². The van der Waals surface area contributed by atoms with Crippen LogP contribution >= 0.6 is 24.0 Å². The fourth-order valence-electron chi connectivity index (χ4n) is 2.28. The number of ether oxygens (including phenoxy) is 1. The summed E-state index contributed by atoms with van der Waals surface area (Å²) in [6, 6.07) is 1.85. The van der Waals surface area contributed by atoms with Crippen molar-refractivity contribution in [1.82, 2.24) is 15.4 Å². The lowest BCUT2D eigenvalue weighted by Crippen LogP contribution is -2.39. The first-order valence-electron chi connectivity index (χ1n) is 6.76. The highest BCUT2D eigenvalue weighted by Crippen LogP contribution is 2.16. The van der Waals surface area contributed by atoms with E-state index >= 15 is 0 Å². The smallest absolute Gasteiger partial charge is 0.193 e.